The third-order valence-electron chi connectivity index (χ3n) is 5.89. The zero-order chi connectivity index (χ0) is 24.4. The van der Waals surface area contributed by atoms with Gasteiger partial charge in [-0.05, 0) is 48.0 Å². The van der Waals surface area contributed by atoms with E-state index in [0.29, 0.717) is 23.0 Å². The molecular formula is C28H22FN3O3. The molecule has 0 saturated heterocycles. The van der Waals surface area contributed by atoms with Crippen LogP contribution in [-0.2, 0) is 17.8 Å². The maximum absolute atomic E-state index is 14.3. The van der Waals surface area contributed by atoms with Crippen LogP contribution in [0.1, 0.15) is 32.0 Å². The number of carbonyl (C=O) groups excluding carboxylic acids is 2. The summed E-state index contributed by atoms with van der Waals surface area (Å²) in [6, 6.07) is 23.1. The first-order valence-corrected chi connectivity index (χ1v) is 11.1. The van der Waals surface area contributed by atoms with E-state index in [-0.39, 0.29) is 12.1 Å². The van der Waals surface area contributed by atoms with Crippen LogP contribution < -0.4 is 5.32 Å². The molecule has 1 N–H and O–H groups in total. The van der Waals surface area contributed by atoms with E-state index >= 15 is 0 Å². The molecule has 0 radical (unpaired) electrons. The first kappa shape index (κ1) is 22.3. The highest BCUT2D eigenvalue weighted by Crippen LogP contribution is 2.24. The standard InChI is InChI=1S/C28H22FN3O3/c1-35-28(34)20-8-6-18(7-9-20)16-30-27(33)24-15-22(29)14-21-12-13-32(26(21)24)17-23-11-10-19-4-2-3-5-25(19)31-23/h2-15H,16-17H2,1H3,(H,30,33). The van der Waals surface area contributed by atoms with Crippen molar-refractivity contribution in [1.82, 2.24) is 14.9 Å². The minimum atomic E-state index is -0.480. The van der Waals surface area contributed by atoms with Gasteiger partial charge < -0.3 is 14.6 Å². The number of halogens is 1. The maximum atomic E-state index is 14.3. The lowest BCUT2D eigenvalue weighted by atomic mass is 10.1. The van der Waals surface area contributed by atoms with E-state index in [4.69, 9.17) is 9.72 Å². The number of nitrogens with zero attached hydrogens (tertiary/aromatic N) is 2. The summed E-state index contributed by atoms with van der Waals surface area (Å²) < 4.78 is 20.9. The van der Waals surface area contributed by atoms with E-state index in [2.05, 4.69) is 5.32 Å². The van der Waals surface area contributed by atoms with Gasteiger partial charge in [0.15, 0.2) is 0 Å². The molecule has 5 aromatic rings. The highest BCUT2D eigenvalue weighted by molar-refractivity contribution is 6.06. The molecule has 0 bridgehead atoms. The number of amides is 1. The SMILES string of the molecule is COC(=O)c1ccc(CNC(=O)c2cc(F)cc3ccn(Cc4ccc5ccccc5n4)c23)cc1. The Morgan fingerprint density at radius 3 is 2.57 bits per heavy atom. The molecule has 5 rings (SSSR count). The average Bonchev–Trinajstić information content (AvgIpc) is 3.28. The van der Waals surface area contributed by atoms with Crippen LogP contribution in [0.3, 0.4) is 0 Å². The molecule has 174 valence electrons. The van der Waals surface area contributed by atoms with Crippen molar-refractivity contribution in [2.24, 2.45) is 0 Å². The average molecular weight is 468 g/mol. The summed E-state index contributed by atoms with van der Waals surface area (Å²) in [6.07, 6.45) is 1.84. The number of ether oxygens (including phenoxy) is 1. The fraction of sp³-hybridized carbons (Fsp3) is 0.107. The molecule has 0 fully saturated rings. The number of hydrogen-bond donors (Lipinski definition) is 1. The van der Waals surface area contributed by atoms with Gasteiger partial charge in [-0.15, -0.1) is 0 Å². The van der Waals surface area contributed by atoms with Crippen molar-refractivity contribution in [3.8, 4) is 0 Å². The Labute approximate surface area is 201 Å². The molecular weight excluding hydrogens is 445 g/mol. The second-order valence-electron chi connectivity index (χ2n) is 8.20. The number of pyridine rings is 1. The summed E-state index contributed by atoms with van der Waals surface area (Å²) >= 11 is 0. The molecule has 0 atom stereocenters. The zero-order valence-electron chi connectivity index (χ0n) is 19.0. The minimum Gasteiger partial charge on any atom is -0.465 e. The molecule has 2 aromatic heterocycles. The normalized spacial score (nSPS) is 11.0. The van der Waals surface area contributed by atoms with Crippen molar-refractivity contribution in [2.45, 2.75) is 13.1 Å². The Morgan fingerprint density at radius 2 is 1.77 bits per heavy atom. The van der Waals surface area contributed by atoms with Crippen molar-refractivity contribution in [3.63, 3.8) is 0 Å². The fourth-order valence-corrected chi connectivity index (χ4v) is 4.14. The van der Waals surface area contributed by atoms with Gasteiger partial charge in [0.1, 0.15) is 5.82 Å². The number of benzene rings is 3. The number of para-hydroxylation sites is 1. The van der Waals surface area contributed by atoms with Gasteiger partial charge in [0.05, 0.1) is 41.5 Å². The lowest BCUT2D eigenvalue weighted by Gasteiger charge is -2.12. The van der Waals surface area contributed by atoms with Crippen LogP contribution in [0.5, 0.6) is 0 Å². The van der Waals surface area contributed by atoms with Gasteiger partial charge in [0.25, 0.3) is 5.91 Å². The number of fused-ring (bicyclic) bond motifs is 2. The number of nitrogens with one attached hydrogen (secondary N) is 1. The lowest BCUT2D eigenvalue weighted by Crippen LogP contribution is -2.24. The van der Waals surface area contributed by atoms with Crippen LogP contribution in [0.15, 0.2) is 85.1 Å². The van der Waals surface area contributed by atoms with E-state index in [1.807, 2.05) is 47.2 Å². The second kappa shape index (κ2) is 9.38. The van der Waals surface area contributed by atoms with E-state index < -0.39 is 17.7 Å². The maximum Gasteiger partial charge on any atom is 0.337 e. The molecule has 6 nitrogen and oxygen atoms in total. The lowest BCUT2D eigenvalue weighted by molar-refractivity contribution is 0.0600. The Morgan fingerprint density at radius 1 is 0.971 bits per heavy atom. The Hall–Kier alpha value is -4.52. The van der Waals surface area contributed by atoms with Crippen molar-refractivity contribution < 1.29 is 18.7 Å². The summed E-state index contributed by atoms with van der Waals surface area (Å²) in [4.78, 5) is 29.4. The Kier molecular flexibility index (Phi) is 5.97. The quantitative estimate of drug-likeness (QED) is 0.353. The molecule has 0 aliphatic heterocycles. The van der Waals surface area contributed by atoms with Gasteiger partial charge in [-0.3, -0.25) is 9.78 Å². The van der Waals surface area contributed by atoms with Crippen molar-refractivity contribution in [2.75, 3.05) is 7.11 Å². The molecule has 3 aromatic carbocycles. The summed E-state index contributed by atoms with van der Waals surface area (Å²) in [6.45, 7) is 0.667. The number of hydrogen-bond acceptors (Lipinski definition) is 4. The van der Waals surface area contributed by atoms with Gasteiger partial charge in [-0.1, -0.05) is 36.4 Å². The molecule has 7 heteroatoms. The molecule has 0 aliphatic rings. The van der Waals surface area contributed by atoms with E-state index in [1.165, 1.54) is 19.2 Å². The van der Waals surface area contributed by atoms with Crippen LogP contribution in [-0.4, -0.2) is 28.5 Å². The predicted octanol–water partition coefficient (Wildman–Crippen LogP) is 5.09. The summed E-state index contributed by atoms with van der Waals surface area (Å²) in [5.41, 5.74) is 3.84. The van der Waals surface area contributed by atoms with Crippen LogP contribution in [0.25, 0.3) is 21.8 Å². The van der Waals surface area contributed by atoms with Gasteiger partial charge in [0, 0.05) is 23.5 Å². The first-order valence-electron chi connectivity index (χ1n) is 11.1. The summed E-state index contributed by atoms with van der Waals surface area (Å²) in [7, 11) is 1.32. The van der Waals surface area contributed by atoms with Crippen LogP contribution in [0.2, 0.25) is 0 Å². The third kappa shape index (κ3) is 4.61. The first-order chi connectivity index (χ1) is 17.0. The number of esters is 1. The van der Waals surface area contributed by atoms with Gasteiger partial charge in [0.2, 0.25) is 0 Å². The zero-order valence-corrected chi connectivity index (χ0v) is 19.0. The topological polar surface area (TPSA) is 73.2 Å². The minimum absolute atomic E-state index is 0.227. The van der Waals surface area contributed by atoms with E-state index in [9.17, 15) is 14.0 Å². The number of aromatic nitrogens is 2. The van der Waals surface area contributed by atoms with E-state index in [1.54, 1.807) is 30.3 Å². The predicted molar refractivity (Wildman–Crippen MR) is 132 cm³/mol. The highest BCUT2D eigenvalue weighted by Gasteiger charge is 2.16. The fourth-order valence-electron chi connectivity index (χ4n) is 4.14. The highest BCUT2D eigenvalue weighted by atomic mass is 19.1. The second-order valence-corrected chi connectivity index (χ2v) is 8.20. The molecule has 0 aliphatic carbocycles. The van der Waals surface area contributed by atoms with E-state index in [0.717, 1.165) is 22.2 Å². The van der Waals surface area contributed by atoms with Crippen LogP contribution in [0, 0.1) is 5.82 Å². The Balaban J connectivity index is 1.40. The third-order valence-corrected chi connectivity index (χ3v) is 5.89. The number of carbonyl (C=O) groups is 2. The van der Waals surface area contributed by atoms with Gasteiger partial charge >= 0.3 is 5.97 Å². The van der Waals surface area contributed by atoms with Gasteiger partial charge in [-0.2, -0.15) is 0 Å². The number of rotatable bonds is 6. The molecule has 0 unspecified atom stereocenters. The molecule has 2 heterocycles. The molecule has 1 amide bonds. The summed E-state index contributed by atoms with van der Waals surface area (Å²) in [5, 5.41) is 4.54. The molecule has 35 heavy (non-hydrogen) atoms. The van der Waals surface area contributed by atoms with Crippen molar-refractivity contribution >= 4 is 33.7 Å². The van der Waals surface area contributed by atoms with Crippen LogP contribution in [0.4, 0.5) is 4.39 Å². The van der Waals surface area contributed by atoms with Crippen molar-refractivity contribution in [1.29, 1.82) is 0 Å². The van der Waals surface area contributed by atoms with Gasteiger partial charge in [-0.25, -0.2) is 9.18 Å². The van der Waals surface area contributed by atoms with Crippen LogP contribution >= 0.6 is 0 Å². The van der Waals surface area contributed by atoms with Crippen molar-refractivity contribution in [3.05, 3.63) is 113 Å². The molecule has 0 spiro atoms. The number of methoxy groups -OCH3 is 1. The molecule has 0 saturated carbocycles. The monoisotopic (exact) mass is 467 g/mol. The Bertz CT molecular complexity index is 1560. The summed E-state index contributed by atoms with van der Waals surface area (Å²) in [5.74, 6) is -1.30. The largest absolute Gasteiger partial charge is 0.465 e. The smallest absolute Gasteiger partial charge is 0.337 e.